The van der Waals surface area contributed by atoms with Crippen LogP contribution in [0.25, 0.3) is 22.4 Å². The highest BCUT2D eigenvalue weighted by molar-refractivity contribution is 5.83. The summed E-state index contributed by atoms with van der Waals surface area (Å²) in [5, 5.41) is 3.80. The van der Waals surface area contributed by atoms with Crippen LogP contribution in [0.3, 0.4) is 0 Å². The van der Waals surface area contributed by atoms with Crippen molar-refractivity contribution in [3.05, 3.63) is 42.0 Å². The maximum Gasteiger partial charge on any atom is 0.170 e. The number of halogens is 1. The van der Waals surface area contributed by atoms with E-state index in [1.165, 1.54) is 12.4 Å². The van der Waals surface area contributed by atoms with Gasteiger partial charge in [-0.15, -0.1) is 0 Å². The van der Waals surface area contributed by atoms with Crippen LogP contribution < -0.4 is 5.32 Å². The van der Waals surface area contributed by atoms with Crippen LogP contribution in [-0.4, -0.2) is 17.0 Å². The molecule has 0 aliphatic heterocycles. The van der Waals surface area contributed by atoms with Gasteiger partial charge in [-0.25, -0.2) is 14.4 Å². The van der Waals surface area contributed by atoms with E-state index in [-0.39, 0.29) is 11.4 Å². The van der Waals surface area contributed by atoms with Crippen molar-refractivity contribution >= 4 is 16.8 Å². The fourth-order valence-corrected chi connectivity index (χ4v) is 2.47. The Morgan fingerprint density at radius 3 is 2.86 bits per heavy atom. The summed E-state index contributed by atoms with van der Waals surface area (Å²) in [6.45, 7) is 2.09. The van der Waals surface area contributed by atoms with Crippen LogP contribution in [0, 0.1) is 5.82 Å². The highest BCUT2D eigenvalue weighted by Gasteiger charge is 2.16. The molecule has 2 aromatic heterocycles. The third kappa shape index (κ3) is 2.35. The van der Waals surface area contributed by atoms with Crippen molar-refractivity contribution in [3.8, 4) is 11.5 Å². The third-order valence-corrected chi connectivity index (χ3v) is 3.41. The molecule has 0 aliphatic carbocycles. The van der Waals surface area contributed by atoms with E-state index in [4.69, 9.17) is 4.42 Å². The molecule has 0 saturated heterocycles. The number of furan rings is 1. The van der Waals surface area contributed by atoms with Gasteiger partial charge in [-0.1, -0.05) is 25.5 Å². The summed E-state index contributed by atoms with van der Waals surface area (Å²) in [6, 6.07) is 6.70. The molecule has 0 fully saturated rings. The van der Waals surface area contributed by atoms with Gasteiger partial charge in [0.25, 0.3) is 0 Å². The van der Waals surface area contributed by atoms with Crippen LogP contribution in [0.1, 0.15) is 18.9 Å². The Labute approximate surface area is 122 Å². The van der Waals surface area contributed by atoms with Gasteiger partial charge in [0.15, 0.2) is 17.2 Å². The van der Waals surface area contributed by atoms with Crippen LogP contribution in [0.15, 0.2) is 35.0 Å². The van der Waals surface area contributed by atoms with Gasteiger partial charge >= 0.3 is 0 Å². The maximum atomic E-state index is 13.8. The smallest absolute Gasteiger partial charge is 0.170 e. The Morgan fingerprint density at radius 1 is 1.29 bits per heavy atom. The third-order valence-electron chi connectivity index (χ3n) is 3.41. The van der Waals surface area contributed by atoms with E-state index in [2.05, 4.69) is 22.2 Å². The number of para-hydroxylation sites is 1. The number of rotatable bonds is 4. The minimum Gasteiger partial charge on any atom is -0.451 e. The molecule has 0 bridgehead atoms. The van der Waals surface area contributed by atoms with Crippen molar-refractivity contribution in [3.63, 3.8) is 0 Å². The van der Waals surface area contributed by atoms with Crippen molar-refractivity contribution in [2.45, 2.75) is 19.8 Å². The number of hydrogen-bond acceptors (Lipinski definition) is 4. The molecule has 21 heavy (non-hydrogen) atoms. The molecule has 0 atom stereocenters. The summed E-state index contributed by atoms with van der Waals surface area (Å²) in [5.74, 6) is 0.985. The molecule has 108 valence electrons. The summed E-state index contributed by atoms with van der Waals surface area (Å²) in [5.41, 5.74) is 1.97. The molecule has 1 aromatic carbocycles. The van der Waals surface area contributed by atoms with E-state index < -0.39 is 0 Å². The molecule has 0 aliphatic rings. The van der Waals surface area contributed by atoms with Gasteiger partial charge in [0.1, 0.15) is 17.8 Å². The first-order chi connectivity index (χ1) is 10.2. The Balaban J connectivity index is 2.20. The molecule has 3 rings (SSSR count). The zero-order chi connectivity index (χ0) is 14.8. The molecule has 2 heterocycles. The lowest BCUT2D eigenvalue weighted by atomic mass is 10.1. The maximum absolute atomic E-state index is 13.8. The lowest BCUT2D eigenvalue weighted by Crippen LogP contribution is -2.02. The van der Waals surface area contributed by atoms with Crippen molar-refractivity contribution in [2.75, 3.05) is 12.4 Å². The number of fused-ring (bicyclic) bond motifs is 1. The molecule has 0 spiro atoms. The number of aromatic nitrogens is 2. The Bertz CT molecular complexity index is 782. The van der Waals surface area contributed by atoms with E-state index in [0.29, 0.717) is 11.5 Å². The lowest BCUT2D eigenvalue weighted by Gasteiger charge is -2.10. The van der Waals surface area contributed by atoms with Gasteiger partial charge in [0, 0.05) is 18.0 Å². The summed E-state index contributed by atoms with van der Waals surface area (Å²) >= 11 is 0. The largest absolute Gasteiger partial charge is 0.451 e. The first-order valence-electron chi connectivity index (χ1n) is 6.94. The van der Waals surface area contributed by atoms with Crippen molar-refractivity contribution in [1.82, 2.24) is 9.97 Å². The van der Waals surface area contributed by atoms with E-state index in [9.17, 15) is 4.39 Å². The molecule has 0 amide bonds. The zero-order valence-corrected chi connectivity index (χ0v) is 12.0. The monoisotopic (exact) mass is 285 g/mol. The van der Waals surface area contributed by atoms with Gasteiger partial charge in [0.05, 0.1) is 0 Å². The quantitative estimate of drug-likeness (QED) is 0.786. The second-order valence-corrected chi connectivity index (χ2v) is 4.82. The van der Waals surface area contributed by atoms with Crippen molar-refractivity contribution in [2.24, 2.45) is 0 Å². The fraction of sp³-hybridized carbons (Fsp3) is 0.250. The van der Waals surface area contributed by atoms with Crippen molar-refractivity contribution in [1.29, 1.82) is 0 Å². The molecule has 4 nitrogen and oxygen atoms in total. The molecular weight excluding hydrogens is 269 g/mol. The number of anilines is 1. The van der Waals surface area contributed by atoms with Gasteiger partial charge in [-0.3, -0.25) is 0 Å². The Hall–Kier alpha value is -2.43. The summed E-state index contributed by atoms with van der Waals surface area (Å²) < 4.78 is 19.4. The molecule has 0 saturated carbocycles. The van der Waals surface area contributed by atoms with Crippen LogP contribution in [0.2, 0.25) is 0 Å². The number of nitrogens with zero attached hydrogens (tertiary/aromatic N) is 2. The van der Waals surface area contributed by atoms with E-state index in [1.807, 2.05) is 19.2 Å². The van der Waals surface area contributed by atoms with Crippen molar-refractivity contribution < 1.29 is 8.81 Å². The van der Waals surface area contributed by atoms with Gasteiger partial charge in [0.2, 0.25) is 0 Å². The second-order valence-electron chi connectivity index (χ2n) is 4.82. The highest BCUT2D eigenvalue weighted by atomic mass is 19.1. The minimum atomic E-state index is -0.362. The molecule has 3 aromatic rings. The van der Waals surface area contributed by atoms with Crippen LogP contribution in [0.5, 0.6) is 0 Å². The minimum absolute atomic E-state index is 0.263. The lowest BCUT2D eigenvalue weighted by molar-refractivity contribution is 0.567. The number of nitrogens with one attached hydrogen (secondary N) is 1. The standard InChI is InChI=1S/C16H16FN3O/c1-3-5-11-14(19-9-20-16(11)18-2)13-8-10-6-4-7-12(17)15(10)21-13/h4,6-9H,3,5H2,1-2H3,(H,18,19,20). The predicted octanol–water partition coefficient (Wildman–Crippen LogP) is 4.02. The van der Waals surface area contributed by atoms with Crippen LogP contribution in [0.4, 0.5) is 10.2 Å². The predicted molar refractivity (Wildman–Crippen MR) is 80.7 cm³/mol. The number of hydrogen-bond donors (Lipinski definition) is 1. The normalized spacial score (nSPS) is 11.0. The Kier molecular flexibility index (Phi) is 3.56. The first-order valence-corrected chi connectivity index (χ1v) is 6.94. The van der Waals surface area contributed by atoms with Gasteiger partial charge in [-0.05, 0) is 18.6 Å². The molecular formula is C16H16FN3O. The highest BCUT2D eigenvalue weighted by Crippen LogP contribution is 2.32. The van der Waals surface area contributed by atoms with E-state index in [1.54, 1.807) is 6.07 Å². The average molecular weight is 285 g/mol. The molecule has 0 unspecified atom stereocenters. The van der Waals surface area contributed by atoms with Crippen LogP contribution in [-0.2, 0) is 6.42 Å². The van der Waals surface area contributed by atoms with E-state index in [0.717, 1.165) is 29.6 Å². The van der Waals surface area contributed by atoms with Gasteiger partial charge in [-0.2, -0.15) is 0 Å². The fourth-order valence-electron chi connectivity index (χ4n) is 2.47. The molecule has 1 N–H and O–H groups in total. The Morgan fingerprint density at radius 2 is 2.14 bits per heavy atom. The summed E-state index contributed by atoms with van der Waals surface area (Å²) in [4.78, 5) is 8.57. The SMILES string of the molecule is CCCc1c(NC)ncnc1-c1cc2cccc(F)c2o1. The van der Waals surface area contributed by atoms with Crippen LogP contribution >= 0.6 is 0 Å². The summed E-state index contributed by atoms with van der Waals surface area (Å²) in [7, 11) is 1.82. The van der Waals surface area contributed by atoms with E-state index >= 15 is 0 Å². The number of benzene rings is 1. The first kappa shape index (κ1) is 13.5. The zero-order valence-electron chi connectivity index (χ0n) is 12.0. The second kappa shape index (κ2) is 5.52. The summed E-state index contributed by atoms with van der Waals surface area (Å²) in [6.07, 6.45) is 3.28. The molecule has 0 radical (unpaired) electrons. The topological polar surface area (TPSA) is 51.0 Å². The average Bonchev–Trinajstić information content (AvgIpc) is 2.93. The molecule has 5 heteroatoms. The van der Waals surface area contributed by atoms with Gasteiger partial charge < -0.3 is 9.73 Å².